The van der Waals surface area contributed by atoms with Crippen LogP contribution in [0, 0.1) is 5.92 Å². The molecule has 1 saturated carbocycles. The van der Waals surface area contributed by atoms with E-state index < -0.39 is 6.10 Å². The number of aliphatic imine (C=N–C) groups is 1. The van der Waals surface area contributed by atoms with Gasteiger partial charge in [0.05, 0.1) is 19.3 Å². The van der Waals surface area contributed by atoms with Crippen LogP contribution in [0.15, 0.2) is 29.3 Å². The third-order valence-electron chi connectivity index (χ3n) is 3.52. The average molecular weight is 340 g/mol. The van der Waals surface area contributed by atoms with E-state index in [1.165, 1.54) is 12.8 Å². The van der Waals surface area contributed by atoms with Gasteiger partial charge in [0, 0.05) is 24.7 Å². The zero-order chi connectivity index (χ0) is 16.5. The second-order valence-corrected chi connectivity index (χ2v) is 6.28. The van der Waals surface area contributed by atoms with Gasteiger partial charge >= 0.3 is 0 Å². The Bertz CT molecular complexity index is 506. The van der Waals surface area contributed by atoms with Gasteiger partial charge in [-0.05, 0) is 43.4 Å². The van der Waals surface area contributed by atoms with E-state index >= 15 is 0 Å². The minimum atomic E-state index is -0.538. The summed E-state index contributed by atoms with van der Waals surface area (Å²) in [5.74, 6) is 1.39. The van der Waals surface area contributed by atoms with Gasteiger partial charge in [0.15, 0.2) is 5.96 Å². The minimum absolute atomic E-state index is 0.358. The van der Waals surface area contributed by atoms with Crippen LogP contribution < -0.4 is 10.6 Å². The Morgan fingerprint density at radius 1 is 1.43 bits per heavy atom. The Kier molecular flexibility index (Phi) is 7.65. The largest absolute Gasteiger partial charge is 0.389 e. The summed E-state index contributed by atoms with van der Waals surface area (Å²) in [6.07, 6.45) is 1.98. The smallest absolute Gasteiger partial charge is 0.191 e. The lowest BCUT2D eigenvalue weighted by molar-refractivity contribution is 0.0345. The molecule has 0 amide bonds. The number of nitrogens with zero attached hydrogens (tertiary/aromatic N) is 1. The van der Waals surface area contributed by atoms with Gasteiger partial charge < -0.3 is 20.5 Å². The summed E-state index contributed by atoms with van der Waals surface area (Å²) < 4.78 is 5.49. The van der Waals surface area contributed by atoms with Crippen molar-refractivity contribution in [2.75, 3.05) is 26.3 Å². The molecule has 5 nitrogen and oxygen atoms in total. The molecule has 0 bridgehead atoms. The van der Waals surface area contributed by atoms with E-state index in [2.05, 4.69) is 15.6 Å². The van der Waals surface area contributed by atoms with Crippen molar-refractivity contribution < 1.29 is 9.84 Å². The van der Waals surface area contributed by atoms with Crippen LogP contribution in [0.5, 0.6) is 0 Å². The number of ether oxygens (including phenoxy) is 1. The molecule has 1 aromatic carbocycles. The second kappa shape index (κ2) is 9.75. The van der Waals surface area contributed by atoms with Gasteiger partial charge in [0.25, 0.3) is 0 Å². The summed E-state index contributed by atoms with van der Waals surface area (Å²) in [7, 11) is 0. The zero-order valence-electron chi connectivity index (χ0n) is 13.6. The predicted molar refractivity (Wildman–Crippen MR) is 93.8 cm³/mol. The lowest BCUT2D eigenvalue weighted by Gasteiger charge is -2.15. The summed E-state index contributed by atoms with van der Waals surface area (Å²) >= 11 is 5.97. The normalized spacial score (nSPS) is 16.2. The topological polar surface area (TPSA) is 65.9 Å². The standard InChI is InChI=1S/C17H26ClN3O2/c1-2-19-17(20-9-14-4-3-5-15(18)8-14)21-10-16(22)12-23-11-13-6-7-13/h3-5,8,13,16,22H,2,6-7,9-12H2,1H3,(H2,19,20,21). The summed E-state index contributed by atoms with van der Waals surface area (Å²) in [6.45, 7) is 4.83. The van der Waals surface area contributed by atoms with E-state index in [1.807, 2.05) is 31.2 Å². The maximum Gasteiger partial charge on any atom is 0.191 e. The lowest BCUT2D eigenvalue weighted by atomic mass is 10.2. The Morgan fingerprint density at radius 2 is 2.26 bits per heavy atom. The molecule has 1 aliphatic rings. The monoisotopic (exact) mass is 339 g/mol. The van der Waals surface area contributed by atoms with Crippen LogP contribution in [0.1, 0.15) is 25.3 Å². The fraction of sp³-hybridized carbons (Fsp3) is 0.588. The molecular formula is C17H26ClN3O2. The van der Waals surface area contributed by atoms with Crippen LogP contribution in [0.4, 0.5) is 0 Å². The van der Waals surface area contributed by atoms with Crippen molar-refractivity contribution in [1.82, 2.24) is 10.6 Å². The van der Waals surface area contributed by atoms with Crippen LogP contribution in [0.2, 0.25) is 5.02 Å². The van der Waals surface area contributed by atoms with Crippen LogP contribution in [-0.4, -0.2) is 43.5 Å². The SMILES string of the molecule is CCNC(=NCc1cccc(Cl)c1)NCC(O)COCC1CC1. The van der Waals surface area contributed by atoms with Crippen LogP contribution in [0.25, 0.3) is 0 Å². The molecule has 0 spiro atoms. The number of hydrogen-bond donors (Lipinski definition) is 3. The molecule has 3 N–H and O–H groups in total. The van der Waals surface area contributed by atoms with Gasteiger partial charge in [-0.3, -0.25) is 0 Å². The van der Waals surface area contributed by atoms with Crippen molar-refractivity contribution in [3.63, 3.8) is 0 Å². The zero-order valence-corrected chi connectivity index (χ0v) is 14.4. The Hall–Kier alpha value is -1.30. The van der Waals surface area contributed by atoms with E-state index in [4.69, 9.17) is 16.3 Å². The fourth-order valence-corrected chi connectivity index (χ4v) is 2.29. The number of hydrogen-bond acceptors (Lipinski definition) is 3. The molecule has 2 rings (SSSR count). The first kappa shape index (κ1) is 18.0. The molecule has 6 heteroatoms. The molecule has 1 unspecified atom stereocenters. The lowest BCUT2D eigenvalue weighted by Crippen LogP contribution is -2.42. The van der Waals surface area contributed by atoms with E-state index in [-0.39, 0.29) is 0 Å². The van der Waals surface area contributed by atoms with Gasteiger partial charge in [-0.15, -0.1) is 0 Å². The summed E-state index contributed by atoms with van der Waals surface area (Å²) in [4.78, 5) is 4.50. The minimum Gasteiger partial charge on any atom is -0.389 e. The molecule has 0 heterocycles. The van der Waals surface area contributed by atoms with Crippen molar-refractivity contribution in [1.29, 1.82) is 0 Å². The second-order valence-electron chi connectivity index (χ2n) is 5.84. The molecule has 1 aromatic rings. The fourth-order valence-electron chi connectivity index (χ4n) is 2.08. The number of aliphatic hydroxyl groups excluding tert-OH is 1. The third kappa shape index (κ3) is 7.68. The molecule has 23 heavy (non-hydrogen) atoms. The highest BCUT2D eigenvalue weighted by molar-refractivity contribution is 6.30. The van der Waals surface area contributed by atoms with Gasteiger partial charge in [-0.1, -0.05) is 23.7 Å². The van der Waals surface area contributed by atoms with E-state index in [9.17, 15) is 5.11 Å². The molecule has 0 radical (unpaired) electrons. The number of aliphatic hydroxyl groups is 1. The first-order valence-corrected chi connectivity index (χ1v) is 8.57. The molecule has 1 fully saturated rings. The molecule has 0 aromatic heterocycles. The highest BCUT2D eigenvalue weighted by Crippen LogP contribution is 2.28. The average Bonchev–Trinajstić information content (AvgIpc) is 3.34. The number of nitrogens with one attached hydrogen (secondary N) is 2. The maximum atomic E-state index is 9.93. The third-order valence-corrected chi connectivity index (χ3v) is 3.75. The van der Waals surface area contributed by atoms with Crippen LogP contribution >= 0.6 is 11.6 Å². The van der Waals surface area contributed by atoms with Crippen LogP contribution in [-0.2, 0) is 11.3 Å². The maximum absolute atomic E-state index is 9.93. The molecule has 1 atom stereocenters. The predicted octanol–water partition coefficient (Wildman–Crippen LogP) is 2.18. The van der Waals surface area contributed by atoms with Gasteiger partial charge in [0.1, 0.15) is 0 Å². The van der Waals surface area contributed by atoms with E-state index in [0.29, 0.717) is 36.6 Å². The number of guanidine groups is 1. The Labute approximate surface area is 143 Å². The van der Waals surface area contributed by atoms with E-state index in [1.54, 1.807) is 0 Å². The number of rotatable bonds is 9. The van der Waals surface area contributed by atoms with Crippen molar-refractivity contribution in [2.24, 2.45) is 10.9 Å². The molecular weight excluding hydrogens is 314 g/mol. The summed E-state index contributed by atoms with van der Waals surface area (Å²) in [6, 6.07) is 7.64. The highest BCUT2D eigenvalue weighted by Gasteiger charge is 2.21. The summed E-state index contributed by atoms with van der Waals surface area (Å²) in [5.41, 5.74) is 1.04. The number of halogens is 1. The number of benzene rings is 1. The Morgan fingerprint density at radius 3 is 2.96 bits per heavy atom. The molecule has 0 saturated heterocycles. The molecule has 1 aliphatic carbocycles. The van der Waals surface area contributed by atoms with Crippen molar-refractivity contribution >= 4 is 17.6 Å². The van der Waals surface area contributed by atoms with Crippen molar-refractivity contribution in [3.8, 4) is 0 Å². The van der Waals surface area contributed by atoms with Gasteiger partial charge in [-0.25, -0.2) is 4.99 Å². The highest BCUT2D eigenvalue weighted by atomic mass is 35.5. The van der Waals surface area contributed by atoms with E-state index in [0.717, 1.165) is 18.7 Å². The molecule has 0 aliphatic heterocycles. The van der Waals surface area contributed by atoms with Crippen LogP contribution in [0.3, 0.4) is 0 Å². The van der Waals surface area contributed by atoms with Crippen molar-refractivity contribution in [3.05, 3.63) is 34.9 Å². The molecule has 128 valence electrons. The first-order valence-electron chi connectivity index (χ1n) is 8.19. The Balaban J connectivity index is 1.73. The first-order chi connectivity index (χ1) is 11.2. The quantitative estimate of drug-likeness (QED) is 0.476. The van der Waals surface area contributed by atoms with Gasteiger partial charge in [0.2, 0.25) is 0 Å². The van der Waals surface area contributed by atoms with Crippen molar-refractivity contribution in [2.45, 2.75) is 32.4 Å². The summed E-state index contributed by atoms with van der Waals surface area (Å²) in [5, 5.41) is 16.9. The van der Waals surface area contributed by atoms with Gasteiger partial charge in [-0.2, -0.15) is 0 Å².